The lowest BCUT2D eigenvalue weighted by Crippen LogP contribution is -1.88. The quantitative estimate of drug-likeness (QED) is 0.618. The smallest absolute Gasteiger partial charge is 0.139 e. The van der Waals surface area contributed by atoms with Crippen molar-refractivity contribution >= 4 is 43.6 Å². The molecule has 0 atom stereocenters. The van der Waals surface area contributed by atoms with Gasteiger partial charge in [0.15, 0.2) is 0 Å². The summed E-state index contributed by atoms with van der Waals surface area (Å²) < 4.78 is 1.03. The van der Waals surface area contributed by atoms with E-state index in [9.17, 15) is 0 Å². The van der Waals surface area contributed by atoms with Crippen molar-refractivity contribution in [3.8, 4) is 0 Å². The van der Waals surface area contributed by atoms with Gasteiger partial charge >= 0.3 is 0 Å². The Hall–Kier alpha value is -1.55. The van der Waals surface area contributed by atoms with Crippen LogP contribution in [0.3, 0.4) is 0 Å². The van der Waals surface area contributed by atoms with Gasteiger partial charge in [0, 0.05) is 32.6 Å². The third kappa shape index (κ3) is 1.23. The number of benzene rings is 1. The van der Waals surface area contributed by atoms with Crippen LogP contribution in [0.5, 0.6) is 0 Å². The number of hydrogen-bond donors (Lipinski definition) is 2. The number of halogens is 1. The molecule has 0 unspecified atom stereocenters. The number of pyridine rings is 1. The molecule has 0 radical (unpaired) electrons. The number of nitrogens with two attached hydrogens (primary N) is 1. The standard InChI is InChI=1S/C12H10BrN3/c1-6-4-10-7(5-9(6)14)11-8(13)2-3-15-12(11)16-10/h2-5H,14H2,1H3,(H,15,16). The summed E-state index contributed by atoms with van der Waals surface area (Å²) in [6, 6.07) is 5.99. The first-order valence-electron chi connectivity index (χ1n) is 4.99. The first-order valence-corrected chi connectivity index (χ1v) is 5.78. The van der Waals surface area contributed by atoms with Gasteiger partial charge in [-0.3, -0.25) is 0 Å². The van der Waals surface area contributed by atoms with Crippen molar-refractivity contribution in [2.75, 3.05) is 5.73 Å². The summed E-state index contributed by atoms with van der Waals surface area (Å²) in [6.07, 6.45) is 1.78. The van der Waals surface area contributed by atoms with Gasteiger partial charge in [-0.15, -0.1) is 0 Å². The Bertz CT molecular complexity index is 700. The molecule has 0 amide bonds. The summed E-state index contributed by atoms with van der Waals surface area (Å²) in [5.74, 6) is 0. The van der Waals surface area contributed by atoms with Crippen LogP contribution in [0.15, 0.2) is 28.9 Å². The largest absolute Gasteiger partial charge is 0.398 e. The molecule has 1 aromatic carbocycles. The molecular weight excluding hydrogens is 266 g/mol. The first kappa shape index (κ1) is 9.66. The van der Waals surface area contributed by atoms with Gasteiger partial charge in [0.05, 0.1) is 0 Å². The highest BCUT2D eigenvalue weighted by Crippen LogP contribution is 2.32. The Morgan fingerprint density at radius 2 is 2.19 bits per heavy atom. The Labute approximate surface area is 101 Å². The fourth-order valence-electron chi connectivity index (χ4n) is 1.95. The van der Waals surface area contributed by atoms with Crippen LogP contribution in [0.1, 0.15) is 5.56 Å². The molecule has 0 saturated carbocycles. The number of aromatic amines is 1. The van der Waals surface area contributed by atoms with Crippen LogP contribution in [0.2, 0.25) is 0 Å². The third-order valence-corrected chi connectivity index (χ3v) is 3.49. The predicted molar refractivity (Wildman–Crippen MR) is 70.4 cm³/mol. The maximum absolute atomic E-state index is 5.94. The van der Waals surface area contributed by atoms with Crippen molar-refractivity contribution in [1.82, 2.24) is 9.97 Å². The molecule has 3 aromatic rings. The van der Waals surface area contributed by atoms with Crippen LogP contribution in [0.25, 0.3) is 21.9 Å². The zero-order valence-corrected chi connectivity index (χ0v) is 10.3. The van der Waals surface area contributed by atoms with Crippen LogP contribution in [-0.4, -0.2) is 9.97 Å². The minimum atomic E-state index is 0.809. The van der Waals surface area contributed by atoms with Gasteiger partial charge in [-0.2, -0.15) is 0 Å². The minimum Gasteiger partial charge on any atom is -0.398 e. The number of rotatable bonds is 0. The summed E-state index contributed by atoms with van der Waals surface area (Å²) in [5.41, 5.74) is 9.78. The minimum absolute atomic E-state index is 0.809. The van der Waals surface area contributed by atoms with E-state index >= 15 is 0 Å². The molecule has 0 aliphatic heterocycles. The summed E-state index contributed by atoms with van der Waals surface area (Å²) >= 11 is 3.54. The fourth-order valence-corrected chi connectivity index (χ4v) is 2.47. The van der Waals surface area contributed by atoms with E-state index in [2.05, 4.69) is 32.0 Å². The molecule has 80 valence electrons. The van der Waals surface area contributed by atoms with E-state index in [-0.39, 0.29) is 0 Å². The van der Waals surface area contributed by atoms with E-state index in [4.69, 9.17) is 5.73 Å². The normalized spacial score (nSPS) is 11.4. The average Bonchev–Trinajstić information content (AvgIpc) is 2.58. The molecule has 0 bridgehead atoms. The molecule has 3 rings (SSSR count). The summed E-state index contributed by atoms with van der Waals surface area (Å²) in [7, 11) is 0. The Kier molecular flexibility index (Phi) is 1.94. The molecular formula is C12H10BrN3. The highest BCUT2D eigenvalue weighted by molar-refractivity contribution is 9.10. The summed E-state index contributed by atoms with van der Waals surface area (Å²) in [5, 5.41) is 2.20. The molecule has 2 heterocycles. The number of anilines is 1. The lowest BCUT2D eigenvalue weighted by molar-refractivity contribution is 1.34. The molecule has 16 heavy (non-hydrogen) atoms. The predicted octanol–water partition coefficient (Wildman–Crippen LogP) is 3.37. The van der Waals surface area contributed by atoms with Crippen LogP contribution in [-0.2, 0) is 0 Å². The van der Waals surface area contributed by atoms with Crippen LogP contribution in [0.4, 0.5) is 5.69 Å². The molecule has 0 aliphatic rings. The molecule has 0 spiro atoms. The SMILES string of the molecule is Cc1cc2[nH]c3nccc(Br)c3c2cc1N. The van der Waals surface area contributed by atoms with Gasteiger partial charge in [0.25, 0.3) is 0 Å². The van der Waals surface area contributed by atoms with Crippen molar-refractivity contribution < 1.29 is 0 Å². The second-order valence-corrected chi connectivity index (χ2v) is 4.75. The van der Waals surface area contributed by atoms with E-state index in [1.807, 2.05) is 19.1 Å². The number of nitrogens with zero attached hydrogens (tertiary/aromatic N) is 1. The molecule has 0 fully saturated rings. The maximum Gasteiger partial charge on any atom is 0.139 e. The zero-order chi connectivity index (χ0) is 11.3. The van der Waals surface area contributed by atoms with Gasteiger partial charge in [-0.25, -0.2) is 4.98 Å². The topological polar surface area (TPSA) is 54.7 Å². The highest BCUT2D eigenvalue weighted by atomic mass is 79.9. The number of fused-ring (bicyclic) bond motifs is 3. The Balaban J connectivity index is 2.58. The molecule has 0 aliphatic carbocycles. The monoisotopic (exact) mass is 275 g/mol. The van der Waals surface area contributed by atoms with E-state index in [0.717, 1.165) is 37.7 Å². The van der Waals surface area contributed by atoms with Gasteiger partial charge in [0.2, 0.25) is 0 Å². The Morgan fingerprint density at radius 1 is 1.38 bits per heavy atom. The lowest BCUT2D eigenvalue weighted by atomic mass is 10.1. The zero-order valence-electron chi connectivity index (χ0n) is 8.71. The molecule has 4 heteroatoms. The second-order valence-electron chi connectivity index (χ2n) is 3.90. The fraction of sp³-hybridized carbons (Fsp3) is 0.0833. The van der Waals surface area contributed by atoms with Gasteiger partial charge in [0.1, 0.15) is 5.65 Å². The van der Waals surface area contributed by atoms with E-state index in [1.54, 1.807) is 6.20 Å². The number of aryl methyl sites for hydroxylation is 1. The average molecular weight is 276 g/mol. The van der Waals surface area contributed by atoms with Gasteiger partial charge in [-0.05, 0) is 46.6 Å². The number of nitrogens with one attached hydrogen (secondary N) is 1. The Morgan fingerprint density at radius 3 is 3.00 bits per heavy atom. The van der Waals surface area contributed by atoms with E-state index in [1.165, 1.54) is 0 Å². The number of H-pyrrole nitrogens is 1. The molecule has 3 N–H and O–H groups in total. The second kappa shape index (κ2) is 3.22. The number of aromatic nitrogens is 2. The molecule has 0 saturated heterocycles. The van der Waals surface area contributed by atoms with Crippen molar-refractivity contribution in [3.63, 3.8) is 0 Å². The van der Waals surface area contributed by atoms with Crippen LogP contribution in [0, 0.1) is 6.92 Å². The summed E-state index contributed by atoms with van der Waals surface area (Å²) in [4.78, 5) is 7.60. The highest BCUT2D eigenvalue weighted by Gasteiger charge is 2.09. The van der Waals surface area contributed by atoms with Crippen LogP contribution >= 0.6 is 15.9 Å². The van der Waals surface area contributed by atoms with Crippen LogP contribution < -0.4 is 5.73 Å². The van der Waals surface area contributed by atoms with E-state index in [0.29, 0.717) is 0 Å². The van der Waals surface area contributed by atoms with Crippen molar-refractivity contribution in [2.24, 2.45) is 0 Å². The van der Waals surface area contributed by atoms with Gasteiger partial charge in [-0.1, -0.05) is 0 Å². The first-order chi connectivity index (χ1) is 7.66. The number of nitrogen functional groups attached to an aromatic ring is 1. The van der Waals surface area contributed by atoms with Crippen molar-refractivity contribution in [2.45, 2.75) is 6.92 Å². The third-order valence-electron chi connectivity index (χ3n) is 2.83. The lowest BCUT2D eigenvalue weighted by Gasteiger charge is -2.00. The maximum atomic E-state index is 5.94. The van der Waals surface area contributed by atoms with Crippen molar-refractivity contribution in [1.29, 1.82) is 0 Å². The van der Waals surface area contributed by atoms with Crippen molar-refractivity contribution in [3.05, 3.63) is 34.4 Å². The molecule has 2 aromatic heterocycles. The van der Waals surface area contributed by atoms with Gasteiger partial charge < -0.3 is 10.7 Å². The summed E-state index contributed by atoms with van der Waals surface area (Å²) in [6.45, 7) is 2.00. The van der Waals surface area contributed by atoms with E-state index < -0.39 is 0 Å². The number of hydrogen-bond acceptors (Lipinski definition) is 2. The molecule has 3 nitrogen and oxygen atoms in total.